The van der Waals surface area contributed by atoms with E-state index < -0.39 is 48.2 Å². The number of amides is 2. The number of ketones is 1. The number of benzene rings is 1. The molecule has 3 heterocycles. The van der Waals surface area contributed by atoms with Crippen LogP contribution in [0.15, 0.2) is 18.2 Å². The minimum absolute atomic E-state index is 0.0354. The average Bonchev–Trinajstić information content (AvgIpc) is 3.52. The van der Waals surface area contributed by atoms with Crippen LogP contribution in [-0.2, 0) is 20.7 Å². The molecule has 0 spiro atoms. The normalized spacial score (nSPS) is 32.3. The molecule has 2 aliphatic carbocycles. The van der Waals surface area contributed by atoms with Crippen molar-refractivity contribution in [3.05, 3.63) is 23.9 Å². The molecule has 244 valence electrons. The number of alkyl halides is 1. The molecular formula is C34H45FN4O6. The van der Waals surface area contributed by atoms with Crippen LogP contribution in [0.25, 0.3) is 11.0 Å². The summed E-state index contributed by atoms with van der Waals surface area (Å²) in [6.45, 7) is 5.99. The SMILES string of the molecule is COc1ccc2nc3c(nc2c1)O[C@H]1CN(C(=O)[C@H](C(C)(C)C)NC(=O)O[C@@H]2CC4CC4[C@H]2CCCCC3)[C@H](C(C)=O)[C@@H]1CF. The second kappa shape index (κ2) is 12.4. The highest BCUT2D eigenvalue weighted by Crippen LogP contribution is 2.57. The molecule has 45 heavy (non-hydrogen) atoms. The van der Waals surface area contributed by atoms with E-state index in [1.165, 1.54) is 18.2 Å². The number of hydrogen-bond acceptors (Lipinski definition) is 8. The number of methoxy groups -OCH3 is 1. The predicted molar refractivity (Wildman–Crippen MR) is 165 cm³/mol. The van der Waals surface area contributed by atoms with E-state index in [0.29, 0.717) is 46.7 Å². The molecule has 2 amide bonds. The van der Waals surface area contributed by atoms with Crippen molar-refractivity contribution in [2.75, 3.05) is 20.3 Å². The van der Waals surface area contributed by atoms with Gasteiger partial charge >= 0.3 is 6.09 Å². The number of Topliss-reactive ketones (excluding diaryl/α,β-unsaturated/α-hetero) is 1. The fraction of sp³-hybridized carbons (Fsp3) is 0.676. The number of aryl methyl sites for hydroxylation is 1. The topological polar surface area (TPSA) is 120 Å². The van der Waals surface area contributed by atoms with Crippen LogP contribution in [0.5, 0.6) is 11.6 Å². The van der Waals surface area contributed by atoms with E-state index in [-0.39, 0.29) is 24.3 Å². The molecule has 1 N–H and O–H groups in total. The van der Waals surface area contributed by atoms with Crippen molar-refractivity contribution in [2.24, 2.45) is 29.1 Å². The molecule has 2 saturated carbocycles. The van der Waals surface area contributed by atoms with E-state index in [0.717, 1.165) is 32.1 Å². The van der Waals surface area contributed by atoms with Crippen molar-refractivity contribution in [2.45, 2.75) is 96.9 Å². The van der Waals surface area contributed by atoms with Gasteiger partial charge in [0.05, 0.1) is 43.3 Å². The summed E-state index contributed by atoms with van der Waals surface area (Å²) in [4.78, 5) is 51.6. The van der Waals surface area contributed by atoms with E-state index in [1.54, 1.807) is 13.2 Å². The lowest BCUT2D eigenvalue weighted by molar-refractivity contribution is -0.141. The molecule has 6 rings (SSSR count). The first-order valence-electron chi connectivity index (χ1n) is 16.3. The third-order valence-electron chi connectivity index (χ3n) is 10.3. The van der Waals surface area contributed by atoms with Gasteiger partial charge in [-0.25, -0.2) is 14.8 Å². The van der Waals surface area contributed by atoms with Gasteiger partial charge in [-0.3, -0.25) is 14.0 Å². The second-order valence-electron chi connectivity index (χ2n) is 14.4. The first-order valence-corrected chi connectivity index (χ1v) is 16.3. The predicted octanol–water partition coefficient (Wildman–Crippen LogP) is 5.05. The number of nitrogens with one attached hydrogen (secondary N) is 1. The molecule has 2 aliphatic heterocycles. The minimum atomic E-state index is -1.06. The molecule has 8 atom stereocenters. The Morgan fingerprint density at radius 2 is 1.87 bits per heavy atom. The number of hydrogen-bond donors (Lipinski definition) is 1. The van der Waals surface area contributed by atoms with Crippen LogP contribution in [0.1, 0.15) is 71.9 Å². The fourth-order valence-electron chi connectivity index (χ4n) is 7.82. The van der Waals surface area contributed by atoms with Gasteiger partial charge in [0.2, 0.25) is 11.8 Å². The number of alkyl carbamates (subject to hydrolysis) is 1. The van der Waals surface area contributed by atoms with Crippen LogP contribution in [0, 0.1) is 29.1 Å². The van der Waals surface area contributed by atoms with Crippen LogP contribution in [0.2, 0.25) is 0 Å². The third-order valence-corrected chi connectivity index (χ3v) is 10.3. The van der Waals surface area contributed by atoms with Gasteiger partial charge in [-0.1, -0.05) is 33.6 Å². The number of rotatable bonds is 3. The van der Waals surface area contributed by atoms with Crippen LogP contribution < -0.4 is 14.8 Å². The number of carbonyl (C=O) groups excluding carboxylic acids is 3. The molecular weight excluding hydrogens is 579 g/mol. The largest absolute Gasteiger partial charge is 0.497 e. The first kappa shape index (κ1) is 31.5. The quantitative estimate of drug-likeness (QED) is 0.504. The van der Waals surface area contributed by atoms with E-state index in [9.17, 15) is 18.8 Å². The summed E-state index contributed by atoms with van der Waals surface area (Å²) in [7, 11) is 1.58. The average molecular weight is 625 g/mol. The monoisotopic (exact) mass is 624 g/mol. The number of halogens is 1. The molecule has 4 aliphatic rings. The number of aromatic nitrogens is 2. The Morgan fingerprint density at radius 1 is 1.07 bits per heavy atom. The Morgan fingerprint density at radius 3 is 2.58 bits per heavy atom. The molecule has 0 radical (unpaired) electrons. The smallest absolute Gasteiger partial charge is 0.408 e. The summed E-state index contributed by atoms with van der Waals surface area (Å²) in [6, 6.07) is 3.40. The van der Waals surface area contributed by atoms with Gasteiger partial charge in [-0.2, -0.15) is 0 Å². The highest BCUT2D eigenvalue weighted by atomic mass is 19.1. The third kappa shape index (κ3) is 6.31. The number of nitrogens with zero attached hydrogens (tertiary/aromatic N) is 3. The van der Waals surface area contributed by atoms with Gasteiger partial charge in [0.1, 0.15) is 29.7 Å². The molecule has 3 fully saturated rings. The lowest BCUT2D eigenvalue weighted by Gasteiger charge is -2.35. The van der Waals surface area contributed by atoms with E-state index in [1.807, 2.05) is 32.9 Å². The van der Waals surface area contributed by atoms with Crippen molar-refractivity contribution in [3.8, 4) is 11.6 Å². The molecule has 1 aromatic carbocycles. The van der Waals surface area contributed by atoms with Gasteiger partial charge in [0.15, 0.2) is 5.78 Å². The van der Waals surface area contributed by atoms with Gasteiger partial charge < -0.3 is 24.4 Å². The lowest BCUT2D eigenvalue weighted by Crippen LogP contribution is -2.57. The molecule has 10 nitrogen and oxygen atoms in total. The zero-order valence-corrected chi connectivity index (χ0v) is 26.9. The zero-order valence-electron chi connectivity index (χ0n) is 26.9. The van der Waals surface area contributed by atoms with Crippen LogP contribution in [-0.4, -0.2) is 77.3 Å². The Balaban J connectivity index is 1.38. The Labute approximate surface area is 263 Å². The fourth-order valence-corrected chi connectivity index (χ4v) is 7.82. The number of carbonyl (C=O) groups is 3. The van der Waals surface area contributed by atoms with Crippen LogP contribution >= 0.6 is 0 Å². The number of ether oxygens (including phenoxy) is 3. The molecule has 2 bridgehead atoms. The second-order valence-corrected chi connectivity index (χ2v) is 14.4. The van der Waals surface area contributed by atoms with Crippen molar-refractivity contribution in [1.29, 1.82) is 0 Å². The van der Waals surface area contributed by atoms with Crippen LogP contribution in [0.3, 0.4) is 0 Å². The Hall–Kier alpha value is -3.50. The van der Waals surface area contributed by atoms with Crippen molar-refractivity contribution in [1.82, 2.24) is 20.2 Å². The maximum absolute atomic E-state index is 14.8. The molecule has 1 aromatic heterocycles. The summed E-state index contributed by atoms with van der Waals surface area (Å²) in [5, 5.41) is 2.84. The Kier molecular flexibility index (Phi) is 8.65. The molecule has 2 aromatic rings. The zero-order chi connectivity index (χ0) is 32.0. The maximum atomic E-state index is 14.8. The van der Waals surface area contributed by atoms with Gasteiger partial charge in [-0.15, -0.1) is 0 Å². The number of fused-ring (bicyclic) bond motifs is 7. The highest BCUT2D eigenvalue weighted by molar-refractivity contribution is 5.92. The molecule has 2 unspecified atom stereocenters. The van der Waals surface area contributed by atoms with Crippen molar-refractivity contribution < 1.29 is 33.0 Å². The summed E-state index contributed by atoms with van der Waals surface area (Å²) in [6.07, 6.45) is 4.79. The van der Waals surface area contributed by atoms with Gasteiger partial charge in [0, 0.05) is 6.07 Å². The van der Waals surface area contributed by atoms with Crippen LogP contribution in [0.4, 0.5) is 9.18 Å². The maximum Gasteiger partial charge on any atom is 0.408 e. The van der Waals surface area contributed by atoms with Crippen molar-refractivity contribution >= 4 is 28.8 Å². The van der Waals surface area contributed by atoms with Crippen molar-refractivity contribution in [3.63, 3.8) is 0 Å². The first-order chi connectivity index (χ1) is 21.5. The lowest BCUT2D eigenvalue weighted by atomic mass is 9.85. The van der Waals surface area contributed by atoms with Gasteiger partial charge in [-0.05, 0) is 74.3 Å². The van der Waals surface area contributed by atoms with Gasteiger partial charge in [0.25, 0.3) is 0 Å². The minimum Gasteiger partial charge on any atom is -0.497 e. The van der Waals surface area contributed by atoms with E-state index in [4.69, 9.17) is 24.2 Å². The summed E-state index contributed by atoms with van der Waals surface area (Å²) < 4.78 is 32.6. The summed E-state index contributed by atoms with van der Waals surface area (Å²) in [5.41, 5.74) is 1.22. The summed E-state index contributed by atoms with van der Waals surface area (Å²) >= 11 is 0. The molecule has 1 saturated heterocycles. The standard InChI is InChI=1S/C34H45FN4O6/c1-18(40)29-23(16-35)28-17-39(29)32(41)30(34(2,3)4)38-33(42)45-27-14-19-13-22(19)21(27)9-7-6-8-10-25-31(44-28)37-26-15-20(43-5)11-12-24(26)36-25/h11-12,15,19,21-23,27-30H,6-10,13-14,16-17H2,1-5H3,(H,38,42)/t19?,21-,22?,23-,27-,28+,29-,30-/m1/s1. The van der Waals surface area contributed by atoms with E-state index >= 15 is 0 Å². The van der Waals surface area contributed by atoms with E-state index in [2.05, 4.69) is 5.32 Å². The molecule has 11 heteroatoms. The summed E-state index contributed by atoms with van der Waals surface area (Å²) in [5.74, 6) is 0.674. The highest BCUT2D eigenvalue weighted by Gasteiger charge is 2.55. The Bertz CT molecular complexity index is 1460.